The highest BCUT2D eigenvalue weighted by Crippen LogP contribution is 2.15. The lowest BCUT2D eigenvalue weighted by molar-refractivity contribution is -0.137. The molecule has 15 heavy (non-hydrogen) atoms. The Morgan fingerprint density at radius 1 is 1.33 bits per heavy atom. The average Bonchev–Trinajstić information content (AvgIpc) is 2.14. The quantitative estimate of drug-likeness (QED) is 0.419. The third-order valence-electron chi connectivity index (χ3n) is 1.58. The maximum absolute atomic E-state index is 11.1. The molecule has 1 aromatic rings. The molecule has 0 bridgehead atoms. The SMILES string of the molecule is CCOC(=O)/C=C\c1cc(I)cc(I)c1. The van der Waals surface area contributed by atoms with E-state index in [0.717, 1.165) is 12.7 Å². The highest BCUT2D eigenvalue weighted by Gasteiger charge is 1.96. The summed E-state index contributed by atoms with van der Waals surface area (Å²) in [6, 6.07) is 6.10. The largest absolute Gasteiger partial charge is 0.463 e. The Bertz CT molecular complexity index is 366. The lowest BCUT2D eigenvalue weighted by atomic mass is 10.2. The number of esters is 1. The van der Waals surface area contributed by atoms with Crippen LogP contribution in [0, 0.1) is 7.14 Å². The Balaban J connectivity index is 2.76. The molecule has 2 nitrogen and oxygen atoms in total. The molecule has 4 heteroatoms. The third-order valence-corrected chi connectivity index (χ3v) is 2.83. The van der Waals surface area contributed by atoms with Crippen LogP contribution in [0.4, 0.5) is 0 Å². The number of hydrogen-bond acceptors (Lipinski definition) is 2. The number of rotatable bonds is 3. The molecule has 0 saturated heterocycles. The van der Waals surface area contributed by atoms with Crippen LogP contribution in [0.25, 0.3) is 6.08 Å². The second-order valence-electron chi connectivity index (χ2n) is 2.79. The number of carbonyl (C=O) groups excluding carboxylic acids is 1. The van der Waals surface area contributed by atoms with Gasteiger partial charge in [-0.25, -0.2) is 4.79 Å². The van der Waals surface area contributed by atoms with Crippen LogP contribution in [0.15, 0.2) is 24.3 Å². The maximum Gasteiger partial charge on any atom is 0.330 e. The van der Waals surface area contributed by atoms with Gasteiger partial charge >= 0.3 is 5.97 Å². The summed E-state index contributed by atoms with van der Waals surface area (Å²) in [6.07, 6.45) is 3.22. The van der Waals surface area contributed by atoms with Crippen molar-refractivity contribution in [1.82, 2.24) is 0 Å². The van der Waals surface area contributed by atoms with Gasteiger partial charge in [0, 0.05) is 13.2 Å². The van der Waals surface area contributed by atoms with Crippen molar-refractivity contribution in [1.29, 1.82) is 0 Å². The summed E-state index contributed by atoms with van der Waals surface area (Å²) < 4.78 is 7.11. The Morgan fingerprint density at radius 2 is 1.93 bits per heavy atom. The zero-order valence-corrected chi connectivity index (χ0v) is 12.5. The van der Waals surface area contributed by atoms with Crippen LogP contribution < -0.4 is 0 Å². The van der Waals surface area contributed by atoms with Crippen molar-refractivity contribution in [3.05, 3.63) is 37.0 Å². The fraction of sp³-hybridized carbons (Fsp3) is 0.182. The molecule has 0 atom stereocenters. The molecule has 0 aliphatic carbocycles. The zero-order valence-electron chi connectivity index (χ0n) is 8.17. The minimum atomic E-state index is -0.300. The van der Waals surface area contributed by atoms with E-state index in [1.54, 1.807) is 13.0 Å². The van der Waals surface area contributed by atoms with Crippen molar-refractivity contribution in [2.75, 3.05) is 6.61 Å². The Kier molecular flexibility index (Phi) is 5.59. The molecule has 1 aromatic carbocycles. The lowest BCUT2D eigenvalue weighted by Crippen LogP contribution is -1.98. The van der Waals surface area contributed by atoms with E-state index in [1.807, 2.05) is 12.1 Å². The van der Waals surface area contributed by atoms with E-state index in [-0.39, 0.29) is 5.97 Å². The van der Waals surface area contributed by atoms with Crippen LogP contribution >= 0.6 is 45.2 Å². The van der Waals surface area contributed by atoms with Gasteiger partial charge in [-0.1, -0.05) is 0 Å². The van der Waals surface area contributed by atoms with Gasteiger partial charge in [-0.2, -0.15) is 0 Å². The Morgan fingerprint density at radius 3 is 2.47 bits per heavy atom. The minimum Gasteiger partial charge on any atom is -0.463 e. The van der Waals surface area contributed by atoms with Crippen LogP contribution in [0.3, 0.4) is 0 Å². The van der Waals surface area contributed by atoms with Gasteiger partial charge in [0.05, 0.1) is 6.61 Å². The molecule has 0 N–H and O–H groups in total. The van der Waals surface area contributed by atoms with Gasteiger partial charge in [0.2, 0.25) is 0 Å². The van der Waals surface area contributed by atoms with Crippen LogP contribution in [0.1, 0.15) is 12.5 Å². The van der Waals surface area contributed by atoms with Crippen molar-refractivity contribution >= 4 is 57.2 Å². The van der Waals surface area contributed by atoms with E-state index in [0.29, 0.717) is 6.61 Å². The highest BCUT2D eigenvalue weighted by atomic mass is 127. The van der Waals surface area contributed by atoms with E-state index in [9.17, 15) is 4.79 Å². The first-order valence-corrected chi connectivity index (χ1v) is 6.58. The number of halogens is 2. The van der Waals surface area contributed by atoms with Gasteiger partial charge in [0.25, 0.3) is 0 Å². The highest BCUT2D eigenvalue weighted by molar-refractivity contribution is 14.1. The molecule has 0 radical (unpaired) electrons. The molecular weight excluding hydrogens is 418 g/mol. The van der Waals surface area contributed by atoms with Gasteiger partial charge in [0.1, 0.15) is 0 Å². The van der Waals surface area contributed by atoms with Crippen molar-refractivity contribution in [2.45, 2.75) is 6.92 Å². The fourth-order valence-electron chi connectivity index (χ4n) is 1.03. The minimum absolute atomic E-state index is 0.300. The van der Waals surface area contributed by atoms with Gasteiger partial charge in [-0.3, -0.25) is 0 Å². The summed E-state index contributed by atoms with van der Waals surface area (Å²) in [5.41, 5.74) is 1.01. The van der Waals surface area contributed by atoms with Crippen LogP contribution in [0.2, 0.25) is 0 Å². The molecule has 0 unspecified atom stereocenters. The summed E-state index contributed by atoms with van der Waals surface area (Å²) in [5, 5.41) is 0. The van der Waals surface area contributed by atoms with Gasteiger partial charge in [0.15, 0.2) is 0 Å². The van der Waals surface area contributed by atoms with E-state index in [1.165, 1.54) is 6.08 Å². The molecular formula is C11H10I2O2. The van der Waals surface area contributed by atoms with Gasteiger partial charge in [-0.05, 0) is 81.9 Å². The number of carbonyl (C=O) groups is 1. The van der Waals surface area contributed by atoms with Crippen LogP contribution in [0.5, 0.6) is 0 Å². The molecule has 0 aliphatic heterocycles. The van der Waals surface area contributed by atoms with E-state index < -0.39 is 0 Å². The number of ether oxygens (including phenoxy) is 1. The van der Waals surface area contributed by atoms with Crippen molar-refractivity contribution in [3.63, 3.8) is 0 Å². The first-order valence-electron chi connectivity index (χ1n) is 4.42. The molecule has 80 valence electrons. The Hall–Kier alpha value is -0.110. The van der Waals surface area contributed by atoms with Gasteiger partial charge in [-0.15, -0.1) is 0 Å². The summed E-state index contributed by atoms with van der Waals surface area (Å²) in [6.45, 7) is 2.20. The molecule has 0 aromatic heterocycles. The second-order valence-corrected chi connectivity index (χ2v) is 5.28. The monoisotopic (exact) mass is 428 g/mol. The summed E-state index contributed by atoms with van der Waals surface area (Å²) >= 11 is 4.50. The molecule has 1 rings (SSSR count). The molecule has 0 fully saturated rings. The molecule has 0 aliphatic rings. The van der Waals surface area contributed by atoms with E-state index >= 15 is 0 Å². The predicted octanol–water partition coefficient (Wildman–Crippen LogP) is 3.47. The van der Waals surface area contributed by atoms with E-state index in [4.69, 9.17) is 4.74 Å². The molecule has 0 amide bonds. The molecule has 0 saturated carbocycles. The van der Waals surface area contributed by atoms with Crippen LogP contribution in [-0.4, -0.2) is 12.6 Å². The number of benzene rings is 1. The summed E-state index contributed by atoms with van der Waals surface area (Å²) in [5.74, 6) is -0.300. The average molecular weight is 428 g/mol. The standard InChI is InChI=1S/C11H10I2O2/c1-2-15-11(14)4-3-8-5-9(12)7-10(13)6-8/h3-7H,2H2,1H3/b4-3-. The number of hydrogen-bond donors (Lipinski definition) is 0. The third kappa shape index (κ3) is 4.96. The fourth-order valence-corrected chi connectivity index (χ4v) is 3.01. The lowest BCUT2D eigenvalue weighted by Gasteiger charge is -1.98. The Labute approximate surface area is 116 Å². The predicted molar refractivity (Wildman–Crippen MR) is 77.5 cm³/mol. The molecule has 0 heterocycles. The smallest absolute Gasteiger partial charge is 0.330 e. The first-order chi connectivity index (χ1) is 7.11. The maximum atomic E-state index is 11.1. The van der Waals surface area contributed by atoms with Crippen molar-refractivity contribution in [3.8, 4) is 0 Å². The van der Waals surface area contributed by atoms with Crippen molar-refractivity contribution < 1.29 is 9.53 Å². The summed E-state index contributed by atoms with van der Waals surface area (Å²) in [4.78, 5) is 11.1. The topological polar surface area (TPSA) is 26.3 Å². The summed E-state index contributed by atoms with van der Waals surface area (Å²) in [7, 11) is 0. The van der Waals surface area contributed by atoms with Crippen LogP contribution in [-0.2, 0) is 9.53 Å². The van der Waals surface area contributed by atoms with Gasteiger partial charge < -0.3 is 4.74 Å². The normalized spacial score (nSPS) is 10.6. The first kappa shape index (κ1) is 13.0. The second kappa shape index (κ2) is 6.47. The van der Waals surface area contributed by atoms with E-state index in [2.05, 4.69) is 51.2 Å². The molecule has 0 spiro atoms. The van der Waals surface area contributed by atoms with Crippen molar-refractivity contribution in [2.24, 2.45) is 0 Å². The zero-order chi connectivity index (χ0) is 11.3.